The molecular weight excluding hydrogens is 206 g/mol. The Bertz CT molecular complexity index is 281. The van der Waals surface area contributed by atoms with Crippen LogP contribution in [0.2, 0.25) is 0 Å². The molecule has 1 aliphatic heterocycles. The molecule has 92 valence electrons. The van der Waals surface area contributed by atoms with Gasteiger partial charge in [0, 0.05) is 6.42 Å². The monoisotopic (exact) mass is 227 g/mol. The minimum Gasteiger partial charge on any atom is -0.393 e. The molecule has 4 nitrogen and oxygen atoms in total. The van der Waals surface area contributed by atoms with Crippen molar-refractivity contribution in [2.45, 2.75) is 57.1 Å². The van der Waals surface area contributed by atoms with E-state index in [1.54, 1.807) is 12.2 Å². The molecule has 1 heterocycles. The second kappa shape index (κ2) is 4.34. The number of piperidine rings is 1. The molecule has 3 atom stereocenters. The Morgan fingerprint density at radius 1 is 1.50 bits per heavy atom. The maximum atomic E-state index is 11.8. The highest BCUT2D eigenvalue weighted by Crippen LogP contribution is 2.43. The van der Waals surface area contributed by atoms with Gasteiger partial charge in [-0.15, -0.1) is 0 Å². The van der Waals surface area contributed by atoms with Crippen molar-refractivity contribution in [2.75, 3.05) is 7.11 Å². The topological polar surface area (TPSA) is 49.8 Å². The lowest BCUT2D eigenvalue weighted by atomic mass is 9.70. The number of hydrogen-bond acceptors (Lipinski definition) is 3. The molecule has 2 aliphatic rings. The molecule has 2 rings (SSSR count). The summed E-state index contributed by atoms with van der Waals surface area (Å²) in [6.45, 7) is 2.05. The third-order valence-electron chi connectivity index (χ3n) is 4.14. The fourth-order valence-corrected chi connectivity index (χ4v) is 3.28. The maximum absolute atomic E-state index is 11.8. The molecule has 3 unspecified atom stereocenters. The molecule has 4 heteroatoms. The predicted molar refractivity (Wildman–Crippen MR) is 59.5 cm³/mol. The average molecular weight is 227 g/mol. The van der Waals surface area contributed by atoms with Crippen molar-refractivity contribution in [3.05, 3.63) is 0 Å². The SMILES string of the molecule is CON1C(=O)CCCC12CCC(O)C(C)C2. The summed E-state index contributed by atoms with van der Waals surface area (Å²) in [6.07, 6.45) is 4.80. The highest BCUT2D eigenvalue weighted by atomic mass is 16.7. The normalized spacial score (nSPS) is 40.4. The number of carbonyl (C=O) groups is 1. The molecule has 0 aromatic carbocycles. The third kappa shape index (κ3) is 1.84. The van der Waals surface area contributed by atoms with Crippen LogP contribution in [0.15, 0.2) is 0 Å². The van der Waals surface area contributed by atoms with Crippen LogP contribution < -0.4 is 0 Å². The van der Waals surface area contributed by atoms with E-state index in [9.17, 15) is 9.90 Å². The largest absolute Gasteiger partial charge is 0.393 e. The number of aliphatic hydroxyl groups is 1. The smallest absolute Gasteiger partial charge is 0.246 e. The Morgan fingerprint density at radius 3 is 2.88 bits per heavy atom. The Hall–Kier alpha value is -0.610. The van der Waals surface area contributed by atoms with Gasteiger partial charge in [-0.25, -0.2) is 5.06 Å². The molecule has 1 amide bonds. The quantitative estimate of drug-likeness (QED) is 0.738. The summed E-state index contributed by atoms with van der Waals surface area (Å²) in [5, 5.41) is 11.4. The Labute approximate surface area is 96.5 Å². The summed E-state index contributed by atoms with van der Waals surface area (Å²) >= 11 is 0. The van der Waals surface area contributed by atoms with Crippen LogP contribution in [0, 0.1) is 5.92 Å². The molecule has 0 aromatic heterocycles. The van der Waals surface area contributed by atoms with E-state index < -0.39 is 0 Å². The average Bonchev–Trinajstić information content (AvgIpc) is 2.25. The van der Waals surface area contributed by atoms with Gasteiger partial charge in [0.2, 0.25) is 5.91 Å². The number of nitrogens with zero attached hydrogens (tertiary/aromatic N) is 1. The minimum absolute atomic E-state index is 0.0948. The van der Waals surface area contributed by atoms with Gasteiger partial charge in [-0.3, -0.25) is 9.63 Å². The lowest BCUT2D eigenvalue weighted by molar-refractivity contribution is -0.230. The summed E-state index contributed by atoms with van der Waals surface area (Å²) < 4.78 is 0. The van der Waals surface area contributed by atoms with E-state index in [4.69, 9.17) is 4.84 Å². The van der Waals surface area contributed by atoms with E-state index in [0.29, 0.717) is 6.42 Å². The van der Waals surface area contributed by atoms with Crippen LogP contribution >= 0.6 is 0 Å². The highest BCUT2D eigenvalue weighted by Gasteiger charge is 2.47. The summed E-state index contributed by atoms with van der Waals surface area (Å²) in [4.78, 5) is 17.1. The van der Waals surface area contributed by atoms with Crippen LogP contribution in [0.5, 0.6) is 0 Å². The van der Waals surface area contributed by atoms with E-state index in [0.717, 1.165) is 32.1 Å². The van der Waals surface area contributed by atoms with Gasteiger partial charge in [-0.05, 0) is 38.0 Å². The fraction of sp³-hybridized carbons (Fsp3) is 0.917. The zero-order chi connectivity index (χ0) is 11.8. The van der Waals surface area contributed by atoms with E-state index >= 15 is 0 Å². The van der Waals surface area contributed by atoms with Crippen molar-refractivity contribution < 1.29 is 14.7 Å². The molecule has 16 heavy (non-hydrogen) atoms. The van der Waals surface area contributed by atoms with Crippen molar-refractivity contribution in [3.63, 3.8) is 0 Å². The van der Waals surface area contributed by atoms with Gasteiger partial charge in [0.05, 0.1) is 18.8 Å². The van der Waals surface area contributed by atoms with Gasteiger partial charge in [0.25, 0.3) is 0 Å². The molecule has 1 saturated carbocycles. The third-order valence-corrected chi connectivity index (χ3v) is 4.14. The lowest BCUT2D eigenvalue weighted by Gasteiger charge is -2.50. The van der Waals surface area contributed by atoms with Gasteiger partial charge >= 0.3 is 0 Å². The summed E-state index contributed by atoms with van der Waals surface area (Å²) in [6, 6.07) is 0. The standard InChI is InChI=1S/C12H21NO3/c1-9-8-12(7-5-10(9)14)6-3-4-11(15)13(12)16-2/h9-10,14H,3-8H2,1-2H3. The first-order chi connectivity index (χ1) is 7.59. The Morgan fingerprint density at radius 2 is 2.25 bits per heavy atom. The number of aliphatic hydroxyl groups excluding tert-OH is 1. The Balaban J connectivity index is 2.18. The fourth-order valence-electron chi connectivity index (χ4n) is 3.28. The molecule has 1 spiro atoms. The van der Waals surface area contributed by atoms with Crippen LogP contribution in [0.1, 0.15) is 45.4 Å². The Kier molecular flexibility index (Phi) is 3.22. The first-order valence-corrected chi connectivity index (χ1v) is 6.14. The minimum atomic E-state index is -0.221. The predicted octanol–water partition coefficient (Wildman–Crippen LogP) is 1.48. The van der Waals surface area contributed by atoms with Crippen molar-refractivity contribution in [2.24, 2.45) is 5.92 Å². The maximum Gasteiger partial charge on any atom is 0.246 e. The molecule has 1 saturated heterocycles. The lowest BCUT2D eigenvalue weighted by Crippen LogP contribution is -2.57. The van der Waals surface area contributed by atoms with E-state index in [1.165, 1.54) is 0 Å². The number of hydroxylamine groups is 2. The molecule has 1 aliphatic carbocycles. The molecule has 0 radical (unpaired) electrons. The van der Waals surface area contributed by atoms with Gasteiger partial charge in [0.15, 0.2) is 0 Å². The van der Waals surface area contributed by atoms with E-state index in [2.05, 4.69) is 6.92 Å². The first kappa shape index (κ1) is 11.9. The number of carbonyl (C=O) groups excluding carboxylic acids is 1. The van der Waals surface area contributed by atoms with E-state index in [1.807, 2.05) is 0 Å². The van der Waals surface area contributed by atoms with Gasteiger partial charge < -0.3 is 5.11 Å². The zero-order valence-electron chi connectivity index (χ0n) is 10.1. The summed E-state index contributed by atoms with van der Waals surface area (Å²) in [5.74, 6) is 0.342. The van der Waals surface area contributed by atoms with Crippen molar-refractivity contribution >= 4 is 5.91 Å². The van der Waals surface area contributed by atoms with Crippen LogP contribution in [0.3, 0.4) is 0 Å². The van der Waals surface area contributed by atoms with Crippen molar-refractivity contribution in [3.8, 4) is 0 Å². The van der Waals surface area contributed by atoms with Crippen molar-refractivity contribution in [1.82, 2.24) is 5.06 Å². The van der Waals surface area contributed by atoms with Gasteiger partial charge in [0.1, 0.15) is 0 Å². The van der Waals surface area contributed by atoms with Crippen LogP contribution in [-0.4, -0.2) is 34.8 Å². The first-order valence-electron chi connectivity index (χ1n) is 6.14. The van der Waals surface area contributed by atoms with E-state index in [-0.39, 0.29) is 23.5 Å². The van der Waals surface area contributed by atoms with Crippen LogP contribution in [0.25, 0.3) is 0 Å². The number of rotatable bonds is 1. The van der Waals surface area contributed by atoms with Gasteiger partial charge in [-0.2, -0.15) is 0 Å². The highest BCUT2D eigenvalue weighted by molar-refractivity contribution is 5.76. The van der Waals surface area contributed by atoms with Crippen molar-refractivity contribution in [1.29, 1.82) is 0 Å². The molecule has 2 fully saturated rings. The summed E-state index contributed by atoms with van der Waals surface area (Å²) in [7, 11) is 1.57. The van der Waals surface area contributed by atoms with Gasteiger partial charge in [-0.1, -0.05) is 6.92 Å². The molecule has 1 N–H and O–H groups in total. The summed E-state index contributed by atoms with van der Waals surface area (Å²) in [5.41, 5.74) is -0.150. The van der Waals surface area contributed by atoms with Crippen LogP contribution in [-0.2, 0) is 9.63 Å². The zero-order valence-corrected chi connectivity index (χ0v) is 10.1. The van der Waals surface area contributed by atoms with Crippen LogP contribution in [0.4, 0.5) is 0 Å². The number of hydrogen-bond donors (Lipinski definition) is 1. The number of amides is 1. The second-order valence-corrected chi connectivity index (χ2v) is 5.24. The molecular formula is C12H21NO3. The molecule has 0 bridgehead atoms. The second-order valence-electron chi connectivity index (χ2n) is 5.24. The molecule has 0 aromatic rings.